The van der Waals surface area contributed by atoms with E-state index in [9.17, 15) is 5.11 Å². The zero-order valence-electron chi connectivity index (χ0n) is 16.8. The van der Waals surface area contributed by atoms with Gasteiger partial charge in [0.15, 0.2) is 0 Å². The average Bonchev–Trinajstić information content (AvgIpc) is 2.68. The lowest BCUT2D eigenvalue weighted by molar-refractivity contribution is 0.307. The third kappa shape index (κ3) is 7.86. The highest BCUT2D eigenvalue weighted by atomic mass is 16.5. The van der Waals surface area contributed by atoms with E-state index in [4.69, 9.17) is 4.74 Å². The Hall–Kier alpha value is -2.29. The van der Waals surface area contributed by atoms with Crippen molar-refractivity contribution >= 4 is 11.9 Å². The van der Waals surface area contributed by atoms with Crippen molar-refractivity contribution in [3.05, 3.63) is 53.6 Å². The van der Waals surface area contributed by atoms with Crippen molar-refractivity contribution in [2.75, 3.05) is 6.61 Å². The Balaban J connectivity index is 1.86. The van der Waals surface area contributed by atoms with E-state index in [1.807, 2.05) is 24.3 Å². The van der Waals surface area contributed by atoms with Gasteiger partial charge in [-0.1, -0.05) is 58.1 Å². The van der Waals surface area contributed by atoms with Crippen molar-refractivity contribution in [3.63, 3.8) is 0 Å². The molecule has 0 aliphatic carbocycles. The van der Waals surface area contributed by atoms with Crippen LogP contribution in [0.25, 0.3) is 0 Å². The number of benzene rings is 2. The van der Waals surface area contributed by atoms with Gasteiger partial charge in [-0.15, -0.1) is 0 Å². The summed E-state index contributed by atoms with van der Waals surface area (Å²) < 4.78 is 5.61. The van der Waals surface area contributed by atoms with E-state index in [0.717, 1.165) is 24.9 Å². The Morgan fingerprint density at radius 3 is 2.33 bits per heavy atom. The molecule has 0 bridgehead atoms. The standard InChI is InChI=1S/C24H33NO2/c1-3-5-7-8-9-10-20-11-14-22(15-12-20)25-19-21-13-16-23(18-24(21)26)27-17-6-4-2/h11-16,18-19,26H,3-10,17H2,1-2H3. The minimum absolute atomic E-state index is 0.191. The molecule has 0 aliphatic heterocycles. The van der Waals surface area contributed by atoms with Crippen LogP contribution in [0.2, 0.25) is 0 Å². The molecule has 146 valence electrons. The molecule has 0 atom stereocenters. The van der Waals surface area contributed by atoms with Crippen LogP contribution in [0, 0.1) is 0 Å². The first-order valence-corrected chi connectivity index (χ1v) is 10.3. The van der Waals surface area contributed by atoms with Crippen molar-refractivity contribution in [3.8, 4) is 11.5 Å². The van der Waals surface area contributed by atoms with Crippen molar-refractivity contribution in [2.45, 2.75) is 65.2 Å². The van der Waals surface area contributed by atoms with E-state index in [-0.39, 0.29) is 5.75 Å². The van der Waals surface area contributed by atoms with Crippen LogP contribution in [0.4, 0.5) is 5.69 Å². The molecule has 0 aromatic heterocycles. The van der Waals surface area contributed by atoms with Gasteiger partial charge in [-0.05, 0) is 49.1 Å². The fourth-order valence-corrected chi connectivity index (χ4v) is 2.88. The third-order valence-corrected chi connectivity index (χ3v) is 4.63. The molecule has 1 N–H and O–H groups in total. The highest BCUT2D eigenvalue weighted by molar-refractivity contribution is 5.85. The summed E-state index contributed by atoms with van der Waals surface area (Å²) in [6, 6.07) is 13.7. The number of phenols is 1. The van der Waals surface area contributed by atoms with E-state index in [1.54, 1.807) is 12.3 Å². The van der Waals surface area contributed by atoms with Gasteiger partial charge < -0.3 is 9.84 Å². The van der Waals surface area contributed by atoms with Gasteiger partial charge in [-0.2, -0.15) is 0 Å². The van der Waals surface area contributed by atoms with Crippen LogP contribution >= 0.6 is 0 Å². The molecule has 3 heteroatoms. The first-order chi connectivity index (χ1) is 13.2. The number of rotatable bonds is 12. The lowest BCUT2D eigenvalue weighted by Gasteiger charge is -2.07. The first-order valence-electron chi connectivity index (χ1n) is 10.3. The van der Waals surface area contributed by atoms with Gasteiger partial charge in [0.2, 0.25) is 0 Å². The summed E-state index contributed by atoms with van der Waals surface area (Å²) >= 11 is 0. The zero-order valence-corrected chi connectivity index (χ0v) is 16.8. The molecular formula is C24H33NO2. The van der Waals surface area contributed by atoms with E-state index >= 15 is 0 Å². The lowest BCUT2D eigenvalue weighted by Crippen LogP contribution is -1.96. The number of aryl methyl sites for hydroxylation is 1. The molecule has 0 radical (unpaired) electrons. The maximum absolute atomic E-state index is 10.2. The Morgan fingerprint density at radius 1 is 0.889 bits per heavy atom. The Bertz CT molecular complexity index is 692. The number of aliphatic imine (C=N–C) groups is 1. The van der Waals surface area contributed by atoms with Crippen LogP contribution in [-0.4, -0.2) is 17.9 Å². The normalized spacial score (nSPS) is 11.2. The number of ether oxygens (including phenoxy) is 1. The van der Waals surface area contributed by atoms with Crippen LogP contribution in [0.3, 0.4) is 0 Å². The van der Waals surface area contributed by atoms with Gasteiger partial charge in [0.1, 0.15) is 11.5 Å². The third-order valence-electron chi connectivity index (χ3n) is 4.63. The molecule has 0 unspecified atom stereocenters. The van der Waals surface area contributed by atoms with Crippen LogP contribution in [0.15, 0.2) is 47.5 Å². The summed E-state index contributed by atoms with van der Waals surface area (Å²) in [5.41, 5.74) is 2.95. The molecule has 0 amide bonds. The molecule has 0 spiro atoms. The van der Waals surface area contributed by atoms with Crippen molar-refractivity contribution in [2.24, 2.45) is 4.99 Å². The second-order valence-electron chi connectivity index (χ2n) is 7.01. The van der Waals surface area contributed by atoms with Crippen molar-refractivity contribution in [1.29, 1.82) is 0 Å². The molecule has 3 nitrogen and oxygen atoms in total. The summed E-state index contributed by atoms with van der Waals surface area (Å²) in [5, 5.41) is 10.2. The van der Waals surface area contributed by atoms with Gasteiger partial charge in [0.05, 0.1) is 12.3 Å². The Morgan fingerprint density at radius 2 is 1.63 bits per heavy atom. The molecular weight excluding hydrogens is 334 g/mol. The minimum Gasteiger partial charge on any atom is -0.507 e. The van der Waals surface area contributed by atoms with Gasteiger partial charge in [-0.25, -0.2) is 0 Å². The van der Waals surface area contributed by atoms with Gasteiger partial charge in [0, 0.05) is 17.8 Å². The predicted molar refractivity (Wildman–Crippen MR) is 115 cm³/mol. The van der Waals surface area contributed by atoms with Crippen LogP contribution < -0.4 is 4.74 Å². The summed E-state index contributed by atoms with van der Waals surface area (Å²) in [5.74, 6) is 0.887. The van der Waals surface area contributed by atoms with Crippen molar-refractivity contribution in [1.82, 2.24) is 0 Å². The topological polar surface area (TPSA) is 41.8 Å². The van der Waals surface area contributed by atoms with E-state index < -0.39 is 0 Å². The molecule has 0 saturated heterocycles. The number of hydrogen-bond donors (Lipinski definition) is 1. The van der Waals surface area contributed by atoms with Crippen LogP contribution in [0.5, 0.6) is 11.5 Å². The van der Waals surface area contributed by atoms with E-state index in [0.29, 0.717) is 17.9 Å². The largest absolute Gasteiger partial charge is 0.507 e. The smallest absolute Gasteiger partial charge is 0.128 e. The Labute approximate surface area is 164 Å². The molecule has 0 aliphatic rings. The molecule has 0 fully saturated rings. The molecule has 2 rings (SSSR count). The molecule has 0 saturated carbocycles. The lowest BCUT2D eigenvalue weighted by atomic mass is 10.1. The van der Waals surface area contributed by atoms with Gasteiger partial charge >= 0.3 is 0 Å². The second kappa shape index (κ2) is 12.2. The molecule has 27 heavy (non-hydrogen) atoms. The second-order valence-corrected chi connectivity index (χ2v) is 7.01. The fraction of sp³-hybridized carbons (Fsp3) is 0.458. The Kier molecular flexibility index (Phi) is 9.47. The number of nitrogens with zero attached hydrogens (tertiary/aromatic N) is 1. The van der Waals surface area contributed by atoms with Gasteiger partial charge in [-0.3, -0.25) is 4.99 Å². The maximum atomic E-state index is 10.2. The molecule has 2 aromatic carbocycles. The summed E-state index contributed by atoms with van der Waals surface area (Å²) in [6.07, 6.45) is 11.5. The maximum Gasteiger partial charge on any atom is 0.128 e. The number of hydrogen-bond acceptors (Lipinski definition) is 3. The zero-order chi connectivity index (χ0) is 19.3. The number of unbranched alkanes of at least 4 members (excludes halogenated alkanes) is 5. The summed E-state index contributed by atoms with van der Waals surface area (Å²) in [4.78, 5) is 4.48. The summed E-state index contributed by atoms with van der Waals surface area (Å²) in [6.45, 7) is 5.05. The number of phenolic OH excluding ortho intramolecular Hbond substituents is 1. The summed E-state index contributed by atoms with van der Waals surface area (Å²) in [7, 11) is 0. The monoisotopic (exact) mass is 367 g/mol. The molecule has 2 aromatic rings. The highest BCUT2D eigenvalue weighted by Gasteiger charge is 2.02. The predicted octanol–water partition coefficient (Wildman–Crippen LogP) is 6.83. The first kappa shape index (κ1) is 21.0. The van der Waals surface area contributed by atoms with E-state index in [1.165, 1.54) is 37.7 Å². The number of aromatic hydroxyl groups is 1. The fourth-order valence-electron chi connectivity index (χ4n) is 2.88. The quantitative estimate of drug-likeness (QED) is 0.330. The molecule has 0 heterocycles. The van der Waals surface area contributed by atoms with Crippen LogP contribution in [0.1, 0.15) is 69.9 Å². The highest BCUT2D eigenvalue weighted by Crippen LogP contribution is 2.23. The SMILES string of the molecule is CCCCCCCc1ccc(N=Cc2ccc(OCCCC)cc2O)cc1. The minimum atomic E-state index is 0.191. The van der Waals surface area contributed by atoms with Crippen molar-refractivity contribution < 1.29 is 9.84 Å². The average molecular weight is 368 g/mol. The van der Waals surface area contributed by atoms with E-state index in [2.05, 4.69) is 31.0 Å². The van der Waals surface area contributed by atoms with Crippen LogP contribution in [-0.2, 0) is 6.42 Å². The van der Waals surface area contributed by atoms with Gasteiger partial charge in [0.25, 0.3) is 0 Å².